The van der Waals surface area contributed by atoms with Crippen molar-refractivity contribution in [2.24, 2.45) is 0 Å². The molecular formula is C12H8N4O3S. The van der Waals surface area contributed by atoms with Crippen molar-refractivity contribution in [3.05, 3.63) is 41.4 Å². The van der Waals surface area contributed by atoms with E-state index in [1.54, 1.807) is 23.7 Å². The molecule has 8 heteroatoms. The summed E-state index contributed by atoms with van der Waals surface area (Å²) in [4.78, 5) is 24.5. The number of rotatable bonds is 5. The van der Waals surface area contributed by atoms with Crippen LogP contribution in [0.1, 0.15) is 16.4 Å². The number of aromatic nitrogens is 4. The highest BCUT2D eigenvalue weighted by atomic mass is 32.1. The lowest BCUT2D eigenvalue weighted by Gasteiger charge is -1.92. The van der Waals surface area contributed by atoms with Gasteiger partial charge in [0.25, 0.3) is 5.78 Å². The molecule has 0 spiro atoms. The number of hydrogen-bond acceptors (Lipinski definition) is 7. The lowest BCUT2D eigenvalue weighted by Crippen LogP contribution is -2.17. The summed E-state index contributed by atoms with van der Waals surface area (Å²) in [5, 5.41) is 14.3. The fourth-order valence-electron chi connectivity index (χ4n) is 1.67. The molecule has 3 aromatic heterocycles. The molecule has 0 fully saturated rings. The number of tetrazole rings is 1. The zero-order valence-corrected chi connectivity index (χ0v) is 10.9. The van der Waals surface area contributed by atoms with E-state index in [1.807, 2.05) is 17.5 Å². The molecule has 0 bridgehead atoms. The Bertz CT molecular complexity index is 731. The Labute approximate surface area is 116 Å². The number of nitrogens with zero attached hydrogens (tertiary/aromatic N) is 3. The third-order valence-corrected chi connectivity index (χ3v) is 3.51. The molecule has 0 aliphatic heterocycles. The van der Waals surface area contributed by atoms with Gasteiger partial charge in [0, 0.05) is 10.4 Å². The average Bonchev–Trinajstić information content (AvgIpc) is 3.19. The van der Waals surface area contributed by atoms with Gasteiger partial charge in [-0.1, -0.05) is 6.07 Å². The molecule has 3 aromatic rings. The van der Waals surface area contributed by atoms with Crippen LogP contribution in [0.2, 0.25) is 0 Å². The third kappa shape index (κ3) is 2.41. The summed E-state index contributed by atoms with van der Waals surface area (Å²) in [6, 6.07) is 5.62. The highest BCUT2D eigenvalue weighted by molar-refractivity contribution is 7.13. The van der Waals surface area contributed by atoms with Crippen molar-refractivity contribution in [2.75, 3.05) is 0 Å². The molecule has 7 nitrogen and oxygen atoms in total. The molecule has 0 aromatic carbocycles. The zero-order chi connectivity index (χ0) is 13.9. The average molecular weight is 288 g/mol. The Morgan fingerprint density at radius 1 is 1.40 bits per heavy atom. The maximum absolute atomic E-state index is 11.8. The summed E-state index contributed by atoms with van der Waals surface area (Å²) in [5.41, 5.74) is 0.884. The van der Waals surface area contributed by atoms with Crippen molar-refractivity contribution < 1.29 is 14.0 Å². The molecule has 0 radical (unpaired) electrons. The van der Waals surface area contributed by atoms with E-state index in [4.69, 9.17) is 4.42 Å². The molecule has 1 N–H and O–H groups in total. The van der Waals surface area contributed by atoms with Crippen LogP contribution in [-0.2, 0) is 11.2 Å². The lowest BCUT2D eigenvalue weighted by atomic mass is 10.1. The van der Waals surface area contributed by atoms with Crippen LogP contribution in [0.25, 0.3) is 10.4 Å². The fraction of sp³-hybridized carbons (Fsp3) is 0.0833. The monoisotopic (exact) mass is 288 g/mol. The van der Waals surface area contributed by atoms with Gasteiger partial charge in [0.05, 0.1) is 12.7 Å². The molecule has 3 heterocycles. The summed E-state index contributed by atoms with van der Waals surface area (Å²) in [6.07, 6.45) is 1.44. The van der Waals surface area contributed by atoms with Crippen molar-refractivity contribution in [1.82, 2.24) is 20.6 Å². The Hall–Kier alpha value is -2.61. The Morgan fingerprint density at radius 3 is 3.00 bits per heavy atom. The van der Waals surface area contributed by atoms with Crippen molar-refractivity contribution in [1.29, 1.82) is 0 Å². The number of furan rings is 1. The summed E-state index contributed by atoms with van der Waals surface area (Å²) >= 11 is 1.57. The minimum Gasteiger partial charge on any atom is -0.468 e. The molecule has 3 rings (SSSR count). The standard InChI is InChI=1S/C12H8N4O3S/c17-9(11(18)12-13-15-16-14-12)5-8-4-7(6-19-8)10-2-1-3-20-10/h1-4,6H,5H2,(H,13,14,15,16). The SMILES string of the molecule is O=C(Cc1cc(-c2cccs2)co1)C(=O)c1nn[nH]n1. The fourth-order valence-corrected chi connectivity index (χ4v) is 2.37. The second-order valence-corrected chi connectivity index (χ2v) is 4.89. The van der Waals surface area contributed by atoms with Crippen LogP contribution in [0.4, 0.5) is 0 Å². The quantitative estimate of drug-likeness (QED) is 0.564. The number of ketones is 2. The molecular weight excluding hydrogens is 280 g/mol. The van der Waals surface area contributed by atoms with E-state index in [0.717, 1.165) is 10.4 Å². The topological polar surface area (TPSA) is 102 Å². The number of hydrogen-bond donors (Lipinski definition) is 1. The first-order chi connectivity index (χ1) is 9.74. The van der Waals surface area contributed by atoms with Gasteiger partial charge < -0.3 is 4.42 Å². The van der Waals surface area contributed by atoms with Crippen molar-refractivity contribution >= 4 is 22.9 Å². The van der Waals surface area contributed by atoms with Crippen LogP contribution in [0.3, 0.4) is 0 Å². The molecule has 0 amide bonds. The Kier molecular flexibility index (Phi) is 3.21. The summed E-state index contributed by atoms with van der Waals surface area (Å²) < 4.78 is 5.30. The van der Waals surface area contributed by atoms with Crippen LogP contribution in [0, 0.1) is 0 Å². The first-order valence-corrected chi connectivity index (χ1v) is 6.54. The number of H-pyrrole nitrogens is 1. The second-order valence-electron chi connectivity index (χ2n) is 3.94. The van der Waals surface area contributed by atoms with Gasteiger partial charge >= 0.3 is 0 Å². The first kappa shape index (κ1) is 12.4. The molecule has 0 aliphatic rings. The number of carbonyl (C=O) groups is 2. The van der Waals surface area contributed by atoms with Crippen LogP contribution in [-0.4, -0.2) is 32.2 Å². The minimum atomic E-state index is -0.784. The third-order valence-electron chi connectivity index (χ3n) is 2.60. The predicted molar refractivity (Wildman–Crippen MR) is 69.2 cm³/mol. The van der Waals surface area contributed by atoms with Gasteiger partial charge in [-0.25, -0.2) is 0 Å². The van der Waals surface area contributed by atoms with E-state index in [2.05, 4.69) is 20.6 Å². The summed E-state index contributed by atoms with van der Waals surface area (Å²) in [6.45, 7) is 0. The number of nitrogens with one attached hydrogen (secondary N) is 1. The van der Waals surface area contributed by atoms with Crippen LogP contribution >= 0.6 is 11.3 Å². The van der Waals surface area contributed by atoms with Crippen LogP contribution < -0.4 is 0 Å². The minimum absolute atomic E-state index is 0.126. The van der Waals surface area contributed by atoms with Crippen LogP contribution in [0.5, 0.6) is 0 Å². The zero-order valence-electron chi connectivity index (χ0n) is 10.1. The van der Waals surface area contributed by atoms with Gasteiger partial charge in [0.1, 0.15) is 5.76 Å². The summed E-state index contributed by atoms with van der Waals surface area (Å²) in [5.74, 6) is -1.23. The second kappa shape index (κ2) is 5.17. The highest BCUT2D eigenvalue weighted by Crippen LogP contribution is 2.26. The van der Waals surface area contributed by atoms with Gasteiger partial charge in [0.2, 0.25) is 11.6 Å². The maximum Gasteiger partial charge on any atom is 0.269 e. The number of thiophene rings is 1. The largest absolute Gasteiger partial charge is 0.468 e. The van der Waals surface area contributed by atoms with E-state index >= 15 is 0 Å². The lowest BCUT2D eigenvalue weighted by molar-refractivity contribution is -0.114. The van der Waals surface area contributed by atoms with E-state index in [9.17, 15) is 9.59 Å². The molecule has 100 valence electrons. The molecule has 0 atom stereocenters. The van der Waals surface area contributed by atoms with E-state index in [0.29, 0.717) is 5.76 Å². The van der Waals surface area contributed by atoms with Gasteiger partial charge in [-0.15, -0.1) is 21.5 Å². The van der Waals surface area contributed by atoms with Gasteiger partial charge in [-0.05, 0) is 22.7 Å². The molecule has 0 aliphatic carbocycles. The van der Waals surface area contributed by atoms with Gasteiger partial charge in [-0.2, -0.15) is 5.21 Å². The Balaban J connectivity index is 1.72. The van der Waals surface area contributed by atoms with Crippen molar-refractivity contribution in [2.45, 2.75) is 6.42 Å². The number of aromatic amines is 1. The predicted octanol–water partition coefficient (Wildman–Crippen LogP) is 1.52. The normalized spacial score (nSPS) is 10.6. The van der Waals surface area contributed by atoms with E-state index in [-0.39, 0.29) is 12.2 Å². The molecule has 0 saturated carbocycles. The van der Waals surface area contributed by atoms with E-state index in [1.165, 1.54) is 0 Å². The molecule has 20 heavy (non-hydrogen) atoms. The van der Waals surface area contributed by atoms with Crippen LogP contribution in [0.15, 0.2) is 34.3 Å². The maximum atomic E-state index is 11.8. The summed E-state index contributed by atoms with van der Waals surface area (Å²) in [7, 11) is 0. The number of carbonyl (C=O) groups excluding carboxylic acids is 2. The van der Waals surface area contributed by atoms with Crippen molar-refractivity contribution in [3.63, 3.8) is 0 Å². The number of Topliss-reactive ketones (excluding diaryl/α,β-unsaturated/α-hetero) is 2. The highest BCUT2D eigenvalue weighted by Gasteiger charge is 2.22. The Morgan fingerprint density at radius 2 is 2.30 bits per heavy atom. The van der Waals surface area contributed by atoms with Crippen molar-refractivity contribution in [3.8, 4) is 10.4 Å². The molecule has 0 saturated heterocycles. The van der Waals surface area contributed by atoms with Gasteiger partial charge in [0.15, 0.2) is 0 Å². The molecule has 0 unspecified atom stereocenters. The first-order valence-electron chi connectivity index (χ1n) is 5.66. The van der Waals surface area contributed by atoms with Gasteiger partial charge in [-0.3, -0.25) is 9.59 Å². The smallest absolute Gasteiger partial charge is 0.269 e. The van der Waals surface area contributed by atoms with E-state index < -0.39 is 11.6 Å².